The Hall–Kier alpha value is -1.18. The molecule has 0 aromatic carbocycles. The lowest BCUT2D eigenvalue weighted by Gasteiger charge is -2.41. The molecule has 0 aromatic rings. The van der Waals surface area contributed by atoms with E-state index in [0.717, 1.165) is 57.8 Å². The highest BCUT2D eigenvalue weighted by Crippen LogP contribution is 2.47. The molecule has 342 valence electrons. The molecule has 1 aliphatic carbocycles. The van der Waals surface area contributed by atoms with Gasteiger partial charge in [-0.15, -0.1) is 0 Å². The fourth-order valence-corrected chi connectivity index (χ4v) is 8.02. The Morgan fingerprint density at radius 2 is 0.914 bits per heavy atom. The Morgan fingerprint density at radius 1 is 0.534 bits per heavy atom. The highest BCUT2D eigenvalue weighted by atomic mass is 31.2. The molecule has 0 bridgehead atoms. The van der Waals surface area contributed by atoms with Crippen LogP contribution in [0, 0.1) is 0 Å². The van der Waals surface area contributed by atoms with Crippen LogP contribution in [0.5, 0.6) is 0 Å². The zero-order chi connectivity index (χ0) is 42.7. The van der Waals surface area contributed by atoms with Gasteiger partial charge in [0, 0.05) is 13.0 Å². The van der Waals surface area contributed by atoms with Crippen LogP contribution in [0.3, 0.4) is 0 Å². The summed E-state index contributed by atoms with van der Waals surface area (Å²) < 4.78 is 34.2. The van der Waals surface area contributed by atoms with E-state index < -0.39 is 63.1 Å². The smallest absolute Gasteiger partial charge is 0.457 e. The fourth-order valence-electron chi connectivity index (χ4n) is 7.05. The van der Waals surface area contributed by atoms with E-state index in [1.165, 1.54) is 109 Å². The number of aliphatic hydroxyl groups excluding tert-OH is 5. The molecular weight excluding hydrogens is 763 g/mol. The highest BCUT2D eigenvalue weighted by molar-refractivity contribution is 7.47. The molecule has 6 atom stereocenters. The first kappa shape index (κ1) is 54.8. The number of unbranched alkanes of at least 4 members (excludes halogenated alkanes) is 23. The molecule has 0 aromatic heterocycles. The van der Waals surface area contributed by atoms with Crippen LogP contribution in [0.4, 0.5) is 0 Å². The third-order valence-electron chi connectivity index (χ3n) is 10.8. The number of allylic oxidation sites excluding steroid dienone is 4. The largest absolute Gasteiger partial charge is 0.472 e. The van der Waals surface area contributed by atoms with E-state index in [0.29, 0.717) is 13.0 Å². The Morgan fingerprint density at radius 3 is 1.38 bits per heavy atom. The molecular formula is C45H85O12P. The van der Waals surface area contributed by atoms with Crippen molar-refractivity contribution in [1.82, 2.24) is 0 Å². The van der Waals surface area contributed by atoms with Crippen LogP contribution >= 0.6 is 7.82 Å². The van der Waals surface area contributed by atoms with E-state index >= 15 is 0 Å². The Labute approximate surface area is 351 Å². The van der Waals surface area contributed by atoms with Crippen LogP contribution in [-0.4, -0.2) is 98.9 Å². The summed E-state index contributed by atoms with van der Waals surface area (Å²) in [6, 6.07) is 0. The molecule has 0 saturated heterocycles. The standard InChI is InChI=1S/C45H85O12P/c1-3-5-7-9-11-13-15-17-19-20-21-22-24-26-28-30-32-34-39(46)56-38(36-54-35-33-31-29-27-25-23-18-16-14-12-10-8-6-4-2)37-55-58(52,53)57-45-43(50)41(48)40(47)42(49)44(45)51/h14,16-17,19,38,40-45,47-51H,3-13,15,18,20-37H2,1-2H3,(H,52,53)/b16-14-,19-17-. The van der Waals surface area contributed by atoms with E-state index in [1.54, 1.807) is 0 Å². The molecule has 0 radical (unpaired) electrons. The van der Waals surface area contributed by atoms with Gasteiger partial charge in [-0.2, -0.15) is 0 Å². The van der Waals surface area contributed by atoms with E-state index in [4.69, 9.17) is 18.5 Å². The van der Waals surface area contributed by atoms with E-state index in [2.05, 4.69) is 38.2 Å². The van der Waals surface area contributed by atoms with Crippen LogP contribution in [0.25, 0.3) is 0 Å². The van der Waals surface area contributed by atoms with Gasteiger partial charge in [0.05, 0.1) is 13.2 Å². The summed E-state index contributed by atoms with van der Waals surface area (Å²) in [5.41, 5.74) is 0. The number of carbonyl (C=O) groups is 1. The number of esters is 1. The zero-order valence-corrected chi connectivity index (χ0v) is 37.2. The molecule has 6 N–H and O–H groups in total. The Bertz CT molecular complexity index is 1060. The number of phosphoric ester groups is 1. The molecule has 1 rings (SSSR count). The normalized spacial score (nSPS) is 22.8. The van der Waals surface area contributed by atoms with Crippen LogP contribution in [0.15, 0.2) is 24.3 Å². The van der Waals surface area contributed by atoms with Crippen molar-refractivity contribution in [3.05, 3.63) is 24.3 Å². The molecule has 58 heavy (non-hydrogen) atoms. The maximum atomic E-state index is 12.8. The van der Waals surface area contributed by atoms with Crippen LogP contribution in [0.1, 0.15) is 194 Å². The molecule has 12 nitrogen and oxygen atoms in total. The van der Waals surface area contributed by atoms with Crippen LogP contribution in [-0.2, 0) is 27.9 Å². The highest BCUT2D eigenvalue weighted by Gasteiger charge is 2.51. The number of hydrogen-bond acceptors (Lipinski definition) is 11. The second kappa shape index (κ2) is 36.5. The van der Waals surface area contributed by atoms with Crippen LogP contribution in [0.2, 0.25) is 0 Å². The number of hydrogen-bond donors (Lipinski definition) is 6. The van der Waals surface area contributed by atoms with Crippen molar-refractivity contribution in [2.45, 2.75) is 236 Å². The minimum absolute atomic E-state index is 0.0803. The van der Waals surface area contributed by atoms with Crippen molar-refractivity contribution in [1.29, 1.82) is 0 Å². The number of rotatable bonds is 39. The van der Waals surface area contributed by atoms with E-state index in [1.807, 2.05) is 0 Å². The van der Waals surface area contributed by atoms with Crippen molar-refractivity contribution in [3.8, 4) is 0 Å². The monoisotopic (exact) mass is 849 g/mol. The van der Waals surface area contributed by atoms with E-state index in [9.17, 15) is 39.8 Å². The van der Waals surface area contributed by atoms with Gasteiger partial charge < -0.3 is 39.9 Å². The lowest BCUT2D eigenvalue weighted by molar-refractivity contribution is -0.220. The molecule has 0 aliphatic heterocycles. The number of phosphoric acid groups is 1. The van der Waals surface area contributed by atoms with Gasteiger partial charge in [-0.3, -0.25) is 13.8 Å². The van der Waals surface area contributed by atoms with Gasteiger partial charge in [0.25, 0.3) is 0 Å². The lowest BCUT2D eigenvalue weighted by Crippen LogP contribution is -2.64. The summed E-state index contributed by atoms with van der Waals surface area (Å²) in [4.78, 5) is 23.1. The summed E-state index contributed by atoms with van der Waals surface area (Å²) in [7, 11) is -5.02. The molecule has 0 amide bonds. The Kier molecular flexibility index (Phi) is 34.5. The first-order valence-electron chi connectivity index (χ1n) is 23.2. The second-order valence-electron chi connectivity index (χ2n) is 16.2. The number of carbonyl (C=O) groups excluding carboxylic acids is 1. The van der Waals surface area contributed by atoms with Gasteiger partial charge in [0.15, 0.2) is 0 Å². The van der Waals surface area contributed by atoms with Gasteiger partial charge in [-0.05, 0) is 64.2 Å². The molecule has 0 heterocycles. The van der Waals surface area contributed by atoms with Gasteiger partial charge in [0.2, 0.25) is 0 Å². The van der Waals surface area contributed by atoms with Gasteiger partial charge >= 0.3 is 13.8 Å². The van der Waals surface area contributed by atoms with Gasteiger partial charge in [-0.1, -0.05) is 147 Å². The summed E-state index contributed by atoms with van der Waals surface area (Å²) in [6.45, 7) is 4.23. The molecule has 1 fully saturated rings. The first-order valence-corrected chi connectivity index (χ1v) is 24.7. The summed E-state index contributed by atoms with van der Waals surface area (Å²) in [6.07, 6.45) is 28.1. The second-order valence-corrected chi connectivity index (χ2v) is 17.7. The molecule has 6 unspecified atom stereocenters. The summed E-state index contributed by atoms with van der Waals surface area (Å²) >= 11 is 0. The predicted octanol–water partition coefficient (Wildman–Crippen LogP) is 9.31. The minimum Gasteiger partial charge on any atom is -0.457 e. The SMILES string of the molecule is CCCCCC/C=C\CCCCCCCCOCC(COP(=O)(O)OC1C(O)C(O)C(O)C(O)C1O)OC(=O)CCCCCCCCC/C=C\CCCCCCCC. The summed E-state index contributed by atoms with van der Waals surface area (Å²) in [5.74, 6) is -0.483. The third kappa shape index (κ3) is 28.4. The molecule has 0 spiro atoms. The van der Waals surface area contributed by atoms with E-state index in [-0.39, 0.29) is 13.0 Å². The fraction of sp³-hybridized carbons (Fsp3) is 0.889. The number of aliphatic hydroxyl groups is 5. The molecule has 1 aliphatic rings. The molecule has 1 saturated carbocycles. The summed E-state index contributed by atoms with van der Waals surface area (Å²) in [5, 5.41) is 50.1. The number of ether oxygens (including phenoxy) is 2. The minimum atomic E-state index is -5.02. The Balaban J connectivity index is 2.40. The quantitative estimate of drug-likeness (QED) is 0.0149. The molecule has 13 heteroatoms. The zero-order valence-electron chi connectivity index (χ0n) is 36.4. The first-order chi connectivity index (χ1) is 28.0. The van der Waals surface area contributed by atoms with Crippen molar-refractivity contribution in [2.24, 2.45) is 0 Å². The van der Waals surface area contributed by atoms with Crippen molar-refractivity contribution in [2.75, 3.05) is 19.8 Å². The maximum Gasteiger partial charge on any atom is 0.472 e. The van der Waals surface area contributed by atoms with Crippen molar-refractivity contribution < 1.29 is 58.3 Å². The average molecular weight is 849 g/mol. The topological polar surface area (TPSA) is 192 Å². The third-order valence-corrected chi connectivity index (χ3v) is 11.8. The van der Waals surface area contributed by atoms with Crippen molar-refractivity contribution >= 4 is 13.8 Å². The predicted molar refractivity (Wildman–Crippen MR) is 230 cm³/mol. The maximum absolute atomic E-state index is 12.8. The van der Waals surface area contributed by atoms with Crippen LogP contribution < -0.4 is 0 Å². The lowest BCUT2D eigenvalue weighted by atomic mass is 9.85. The van der Waals surface area contributed by atoms with Crippen molar-refractivity contribution in [3.63, 3.8) is 0 Å². The average Bonchev–Trinajstić information content (AvgIpc) is 3.21. The van der Waals surface area contributed by atoms with Gasteiger partial charge in [0.1, 0.15) is 42.7 Å². The van der Waals surface area contributed by atoms with Gasteiger partial charge in [-0.25, -0.2) is 4.57 Å².